The van der Waals surface area contributed by atoms with Crippen LogP contribution in [0.5, 0.6) is 0 Å². The molecule has 0 radical (unpaired) electrons. The molecule has 0 aromatic rings. The third kappa shape index (κ3) is 9.58. The van der Waals surface area contributed by atoms with Crippen molar-refractivity contribution in [2.45, 2.75) is 89.8 Å². The van der Waals surface area contributed by atoms with Gasteiger partial charge in [0, 0.05) is 13.0 Å². The Labute approximate surface area is 192 Å². The molecule has 2 rings (SSSR count). The second-order valence-electron chi connectivity index (χ2n) is 8.95. The summed E-state index contributed by atoms with van der Waals surface area (Å²) in [6.45, 7) is 2.36. The van der Waals surface area contributed by atoms with Gasteiger partial charge >= 0.3 is 5.97 Å². The predicted octanol–water partition coefficient (Wildman–Crippen LogP) is 2.99. The van der Waals surface area contributed by atoms with Gasteiger partial charge in [-0.1, -0.05) is 38.3 Å². The molecule has 184 valence electrons. The lowest BCUT2D eigenvalue weighted by Gasteiger charge is -2.27. The van der Waals surface area contributed by atoms with Gasteiger partial charge in [-0.15, -0.1) is 0 Å². The zero-order valence-electron chi connectivity index (χ0n) is 19.3. The van der Waals surface area contributed by atoms with E-state index >= 15 is 0 Å². The summed E-state index contributed by atoms with van der Waals surface area (Å²) in [5.41, 5.74) is 0. The zero-order valence-corrected chi connectivity index (χ0v) is 20.1. The highest BCUT2D eigenvalue weighted by atomic mass is 32.2. The Hall–Kier alpha value is -1.45. The first-order chi connectivity index (χ1) is 15.3. The van der Waals surface area contributed by atoms with E-state index < -0.39 is 16.0 Å². The summed E-state index contributed by atoms with van der Waals surface area (Å²) < 4.78 is 32.4. The third-order valence-electron chi connectivity index (χ3n) is 6.45. The predicted molar refractivity (Wildman–Crippen MR) is 124 cm³/mol. The lowest BCUT2D eigenvalue weighted by molar-refractivity contribution is -0.137. The average molecular weight is 473 g/mol. The summed E-state index contributed by atoms with van der Waals surface area (Å²) in [4.78, 5) is 22.6. The van der Waals surface area contributed by atoms with Crippen LogP contribution in [0.15, 0.2) is 12.2 Å². The van der Waals surface area contributed by atoms with Crippen molar-refractivity contribution in [2.75, 3.05) is 18.8 Å². The second kappa shape index (κ2) is 14.0. The number of fused-ring (bicyclic) bond motifs is 2. The fourth-order valence-corrected chi connectivity index (χ4v) is 5.83. The number of hydrogen-bond donors (Lipinski definition) is 3. The van der Waals surface area contributed by atoms with E-state index in [1.165, 1.54) is 0 Å². The number of ether oxygens (including phenoxy) is 1. The molecular weight excluding hydrogens is 432 g/mol. The van der Waals surface area contributed by atoms with Crippen LogP contribution in [0.4, 0.5) is 0 Å². The van der Waals surface area contributed by atoms with Crippen LogP contribution < -0.4 is 10.0 Å². The number of rotatable bonds is 17. The fourth-order valence-electron chi connectivity index (χ4n) is 4.75. The van der Waals surface area contributed by atoms with Crippen molar-refractivity contribution in [1.29, 1.82) is 0 Å². The number of nitrogens with one attached hydrogen (secondary N) is 2. The molecule has 4 atom stereocenters. The number of carbonyl (C=O) groups excluding carboxylic acids is 1. The zero-order chi connectivity index (χ0) is 23.4. The highest BCUT2D eigenvalue weighted by Crippen LogP contribution is 2.46. The molecule has 8 nitrogen and oxygen atoms in total. The minimum atomic E-state index is -3.41. The molecule has 32 heavy (non-hydrogen) atoms. The molecule has 2 heterocycles. The molecule has 2 fully saturated rings. The van der Waals surface area contributed by atoms with E-state index in [9.17, 15) is 18.0 Å². The number of carboxylic acid groups (broad SMARTS) is 1. The van der Waals surface area contributed by atoms with Gasteiger partial charge in [-0.2, -0.15) is 0 Å². The van der Waals surface area contributed by atoms with Crippen LogP contribution in [0.2, 0.25) is 0 Å². The summed E-state index contributed by atoms with van der Waals surface area (Å²) in [7, 11) is -3.41. The van der Waals surface area contributed by atoms with Crippen LogP contribution in [-0.2, 0) is 24.3 Å². The Kier molecular flexibility index (Phi) is 11.7. The largest absolute Gasteiger partial charge is 0.481 e. The van der Waals surface area contributed by atoms with Crippen LogP contribution in [0.3, 0.4) is 0 Å². The van der Waals surface area contributed by atoms with Crippen LogP contribution in [0, 0.1) is 11.8 Å². The highest BCUT2D eigenvalue weighted by molar-refractivity contribution is 7.89. The Balaban J connectivity index is 1.66. The molecule has 2 saturated heterocycles. The molecule has 2 aliphatic rings. The quantitative estimate of drug-likeness (QED) is 0.221. The number of carboxylic acids is 1. The van der Waals surface area contributed by atoms with Crippen molar-refractivity contribution < 1.29 is 27.9 Å². The van der Waals surface area contributed by atoms with E-state index in [4.69, 9.17) is 9.84 Å². The minimum absolute atomic E-state index is 0.0638. The molecule has 0 saturated carbocycles. The lowest BCUT2D eigenvalue weighted by Crippen LogP contribution is -2.39. The van der Waals surface area contributed by atoms with Gasteiger partial charge in [0.05, 0.1) is 24.5 Å². The van der Waals surface area contributed by atoms with Crippen molar-refractivity contribution in [2.24, 2.45) is 11.8 Å². The molecule has 1 amide bonds. The Morgan fingerprint density at radius 2 is 1.81 bits per heavy atom. The first kappa shape index (κ1) is 26.8. The first-order valence-corrected chi connectivity index (χ1v) is 13.7. The van der Waals surface area contributed by atoms with Crippen LogP contribution in [0.25, 0.3) is 0 Å². The van der Waals surface area contributed by atoms with Crippen molar-refractivity contribution >= 4 is 21.9 Å². The van der Waals surface area contributed by atoms with Crippen LogP contribution in [0.1, 0.15) is 77.6 Å². The van der Waals surface area contributed by atoms with Crippen LogP contribution >= 0.6 is 0 Å². The van der Waals surface area contributed by atoms with Crippen molar-refractivity contribution in [1.82, 2.24) is 10.0 Å². The van der Waals surface area contributed by atoms with Gasteiger partial charge in [-0.05, 0) is 56.8 Å². The Morgan fingerprint density at radius 3 is 2.53 bits per heavy atom. The number of hydrogen-bond acceptors (Lipinski definition) is 5. The number of amides is 1. The first-order valence-electron chi connectivity index (χ1n) is 12.1. The molecule has 0 aromatic carbocycles. The summed E-state index contributed by atoms with van der Waals surface area (Å²) in [6, 6.07) is 0. The van der Waals surface area contributed by atoms with Crippen LogP contribution in [-0.4, -0.2) is 56.5 Å². The van der Waals surface area contributed by atoms with Gasteiger partial charge in [0.1, 0.15) is 0 Å². The van der Waals surface area contributed by atoms with E-state index in [-0.39, 0.29) is 36.8 Å². The van der Waals surface area contributed by atoms with Gasteiger partial charge < -0.3 is 15.2 Å². The standard InChI is InChI=1S/C23H40N2O6S/c1-2-3-4-9-16-32(29,30)25-17-22(26)24-15-14-19-18(20-12-13-21(19)31-20)10-7-5-6-8-11-23(27)28/h5,7,18-21,25H,2-4,6,8-17H2,1H3,(H,24,26)(H,27,28)/t18-,19+,20-,21+/m1/s1. The summed E-state index contributed by atoms with van der Waals surface area (Å²) >= 11 is 0. The van der Waals surface area contributed by atoms with Gasteiger partial charge in [-0.25, -0.2) is 13.1 Å². The molecule has 0 spiro atoms. The molecule has 0 aliphatic carbocycles. The molecular formula is C23H40N2O6S. The summed E-state index contributed by atoms with van der Waals surface area (Å²) in [6.07, 6.45) is 13.7. The van der Waals surface area contributed by atoms with Crippen molar-refractivity contribution in [3.8, 4) is 0 Å². The SMILES string of the molecule is CCCCCCS(=O)(=O)NCC(=O)NCC[C@H]1[C@@H](CC=CCCCC(=O)O)[C@H]2CC[C@@H]1O2. The van der Waals surface area contributed by atoms with Gasteiger partial charge in [0.15, 0.2) is 0 Å². The van der Waals surface area contributed by atoms with Crippen molar-refractivity contribution in [3.05, 3.63) is 12.2 Å². The second-order valence-corrected chi connectivity index (χ2v) is 10.9. The normalized spacial score (nSPS) is 24.9. The summed E-state index contributed by atoms with van der Waals surface area (Å²) in [5, 5.41) is 11.5. The topological polar surface area (TPSA) is 122 Å². The maximum absolute atomic E-state index is 12.1. The molecule has 2 bridgehead atoms. The van der Waals surface area contributed by atoms with E-state index in [1.54, 1.807) is 0 Å². The maximum Gasteiger partial charge on any atom is 0.303 e. The van der Waals surface area contributed by atoms with E-state index in [1.807, 2.05) is 0 Å². The highest BCUT2D eigenvalue weighted by Gasteiger charge is 2.47. The number of allylic oxidation sites excluding steroid dienone is 2. The molecule has 0 unspecified atom stereocenters. The fraction of sp³-hybridized carbons (Fsp3) is 0.826. The smallest absolute Gasteiger partial charge is 0.303 e. The van der Waals surface area contributed by atoms with Gasteiger partial charge in [0.2, 0.25) is 15.9 Å². The number of sulfonamides is 1. The minimum Gasteiger partial charge on any atom is -0.481 e. The summed E-state index contributed by atoms with van der Waals surface area (Å²) in [5.74, 6) is -0.201. The van der Waals surface area contributed by atoms with E-state index in [0.717, 1.165) is 51.4 Å². The third-order valence-corrected chi connectivity index (χ3v) is 7.86. The van der Waals surface area contributed by atoms with E-state index in [0.29, 0.717) is 31.2 Å². The molecule has 3 N–H and O–H groups in total. The number of carbonyl (C=O) groups is 2. The lowest BCUT2D eigenvalue weighted by atomic mass is 9.76. The monoisotopic (exact) mass is 472 g/mol. The molecule has 9 heteroatoms. The van der Waals surface area contributed by atoms with Crippen molar-refractivity contribution in [3.63, 3.8) is 0 Å². The maximum atomic E-state index is 12.1. The Morgan fingerprint density at radius 1 is 1.06 bits per heavy atom. The van der Waals surface area contributed by atoms with E-state index in [2.05, 4.69) is 29.1 Å². The average Bonchev–Trinajstić information content (AvgIpc) is 3.34. The molecule has 2 aliphatic heterocycles. The van der Waals surface area contributed by atoms with Gasteiger partial charge in [0.25, 0.3) is 0 Å². The number of unbranched alkanes of at least 4 members (excludes halogenated alkanes) is 4. The number of aliphatic carboxylic acids is 1. The Bertz CT molecular complexity index is 724. The molecule has 0 aromatic heterocycles. The van der Waals surface area contributed by atoms with Gasteiger partial charge in [-0.3, -0.25) is 9.59 Å².